The summed E-state index contributed by atoms with van der Waals surface area (Å²) in [5.74, 6) is 0.211. The van der Waals surface area contributed by atoms with Gasteiger partial charge in [0.25, 0.3) is 0 Å². The molecule has 0 aromatic heterocycles. The van der Waals surface area contributed by atoms with E-state index >= 15 is 0 Å². The van der Waals surface area contributed by atoms with E-state index in [0.717, 1.165) is 5.69 Å². The van der Waals surface area contributed by atoms with Gasteiger partial charge in [-0.3, -0.25) is 4.79 Å². The number of carbonyl (C=O) groups excluding carboxylic acids is 1. The van der Waals surface area contributed by atoms with Gasteiger partial charge in [0.2, 0.25) is 5.91 Å². The maximum absolute atomic E-state index is 12.1. The van der Waals surface area contributed by atoms with Crippen molar-refractivity contribution in [3.05, 3.63) is 30.3 Å². The summed E-state index contributed by atoms with van der Waals surface area (Å²) in [6.45, 7) is 1.99. The molecule has 1 atom stereocenters. The Morgan fingerprint density at radius 3 is 2.55 bits per heavy atom. The monoisotopic (exact) mass is 296 g/mol. The van der Waals surface area contributed by atoms with Gasteiger partial charge < -0.3 is 10.2 Å². The summed E-state index contributed by atoms with van der Waals surface area (Å²) in [5.41, 5.74) is 0.329. The van der Waals surface area contributed by atoms with E-state index in [1.165, 1.54) is 0 Å². The molecule has 0 bridgehead atoms. The van der Waals surface area contributed by atoms with Gasteiger partial charge in [-0.25, -0.2) is 8.42 Å². The molecule has 0 spiro atoms. The van der Waals surface area contributed by atoms with Crippen LogP contribution in [-0.4, -0.2) is 45.0 Å². The summed E-state index contributed by atoms with van der Waals surface area (Å²) in [6, 6.07) is 9.36. The molecule has 1 N–H and O–H groups in total. The van der Waals surface area contributed by atoms with Crippen molar-refractivity contribution < 1.29 is 13.2 Å². The van der Waals surface area contributed by atoms with Gasteiger partial charge in [0, 0.05) is 18.3 Å². The lowest BCUT2D eigenvalue weighted by Gasteiger charge is -2.25. The second-order valence-electron chi connectivity index (χ2n) is 5.54. The second kappa shape index (κ2) is 5.54. The molecule has 20 heavy (non-hydrogen) atoms. The molecule has 0 saturated carbocycles. The lowest BCUT2D eigenvalue weighted by atomic mass is 10.0. The molecule has 1 aliphatic heterocycles. The number of sulfone groups is 1. The number of nitrogens with one attached hydrogen (secondary N) is 1. The third-order valence-electron chi connectivity index (χ3n) is 3.69. The minimum absolute atomic E-state index is 0.0817. The smallest absolute Gasteiger partial charge is 0.240 e. The number of para-hydroxylation sites is 1. The van der Waals surface area contributed by atoms with Crippen molar-refractivity contribution in [2.45, 2.75) is 18.9 Å². The average molecular weight is 296 g/mol. The molecule has 1 saturated heterocycles. The largest absolute Gasteiger partial charge is 0.314 e. The van der Waals surface area contributed by atoms with Crippen molar-refractivity contribution in [1.82, 2.24) is 5.32 Å². The van der Waals surface area contributed by atoms with Gasteiger partial charge in [-0.2, -0.15) is 0 Å². The van der Waals surface area contributed by atoms with E-state index in [-0.39, 0.29) is 24.0 Å². The van der Waals surface area contributed by atoms with Crippen LogP contribution in [0.5, 0.6) is 0 Å². The van der Waals surface area contributed by atoms with Crippen molar-refractivity contribution in [2.75, 3.05) is 30.0 Å². The summed E-state index contributed by atoms with van der Waals surface area (Å²) in [4.78, 5) is 13.7. The fraction of sp³-hybridized carbons (Fsp3) is 0.500. The highest BCUT2D eigenvalue weighted by molar-refractivity contribution is 7.91. The second-order valence-corrected chi connectivity index (χ2v) is 7.73. The van der Waals surface area contributed by atoms with E-state index in [1.54, 1.807) is 11.9 Å². The van der Waals surface area contributed by atoms with Crippen LogP contribution in [0.2, 0.25) is 0 Å². The zero-order valence-electron chi connectivity index (χ0n) is 11.8. The van der Waals surface area contributed by atoms with Gasteiger partial charge in [0.15, 0.2) is 9.84 Å². The fourth-order valence-electron chi connectivity index (χ4n) is 2.35. The van der Waals surface area contributed by atoms with Gasteiger partial charge in [-0.1, -0.05) is 18.2 Å². The molecule has 2 rings (SSSR count). The molecule has 6 heteroatoms. The van der Waals surface area contributed by atoms with Crippen LogP contribution in [-0.2, 0) is 14.6 Å². The van der Waals surface area contributed by atoms with Crippen LogP contribution in [0.25, 0.3) is 0 Å². The maximum atomic E-state index is 12.1. The van der Waals surface area contributed by atoms with E-state index in [0.29, 0.717) is 6.42 Å². The number of likely N-dealkylation sites (N-methyl/N-ethyl adjacent to an activating group) is 1. The normalized spacial score (nSPS) is 24.5. The fourth-order valence-corrected chi connectivity index (χ4v) is 4.48. The molecule has 110 valence electrons. The first kappa shape index (κ1) is 15.0. The highest BCUT2D eigenvalue weighted by atomic mass is 32.2. The van der Waals surface area contributed by atoms with Gasteiger partial charge in [0.1, 0.15) is 0 Å². The van der Waals surface area contributed by atoms with Crippen LogP contribution in [0.15, 0.2) is 30.3 Å². The van der Waals surface area contributed by atoms with E-state index < -0.39 is 15.4 Å². The Kier molecular flexibility index (Phi) is 4.15. The SMILES string of the molecule is CN(C(=O)CNC1(C)CCS(=O)(=O)C1)c1ccccc1. The lowest BCUT2D eigenvalue weighted by Crippen LogP contribution is -2.48. The quantitative estimate of drug-likeness (QED) is 0.893. The molecule has 5 nitrogen and oxygen atoms in total. The highest BCUT2D eigenvalue weighted by Gasteiger charge is 2.38. The zero-order valence-corrected chi connectivity index (χ0v) is 12.6. The van der Waals surface area contributed by atoms with Crippen LogP contribution >= 0.6 is 0 Å². The average Bonchev–Trinajstić information content (AvgIpc) is 2.71. The molecule has 1 aliphatic rings. The van der Waals surface area contributed by atoms with Crippen LogP contribution in [0.3, 0.4) is 0 Å². The summed E-state index contributed by atoms with van der Waals surface area (Å²) in [5, 5.41) is 3.09. The predicted molar refractivity (Wildman–Crippen MR) is 79.5 cm³/mol. The summed E-state index contributed by atoms with van der Waals surface area (Å²) in [7, 11) is -1.25. The minimum Gasteiger partial charge on any atom is -0.314 e. The number of nitrogens with zero attached hydrogens (tertiary/aromatic N) is 1. The maximum Gasteiger partial charge on any atom is 0.240 e. The standard InChI is InChI=1S/C14H20N2O3S/c1-14(8-9-20(18,19)11-14)15-10-13(17)16(2)12-6-4-3-5-7-12/h3-7,15H,8-11H2,1-2H3. The number of rotatable bonds is 4. The van der Waals surface area contributed by atoms with Crippen molar-refractivity contribution in [1.29, 1.82) is 0 Å². The first-order valence-electron chi connectivity index (χ1n) is 6.58. The Morgan fingerprint density at radius 2 is 2.00 bits per heavy atom. The van der Waals surface area contributed by atoms with Crippen molar-refractivity contribution >= 4 is 21.4 Å². The molecule has 0 aliphatic carbocycles. The molecule has 1 heterocycles. The third kappa shape index (κ3) is 3.58. The Bertz CT molecular complexity index is 586. The van der Waals surface area contributed by atoms with E-state index in [9.17, 15) is 13.2 Å². The zero-order chi connectivity index (χ0) is 14.8. The first-order valence-corrected chi connectivity index (χ1v) is 8.41. The summed E-state index contributed by atoms with van der Waals surface area (Å²) in [6.07, 6.45) is 0.553. The Morgan fingerprint density at radius 1 is 1.35 bits per heavy atom. The van der Waals surface area contributed by atoms with E-state index in [1.807, 2.05) is 37.3 Å². The molecule has 1 amide bonds. The molecular weight excluding hydrogens is 276 g/mol. The van der Waals surface area contributed by atoms with Crippen molar-refractivity contribution in [3.63, 3.8) is 0 Å². The van der Waals surface area contributed by atoms with E-state index in [2.05, 4.69) is 5.32 Å². The molecule has 1 unspecified atom stereocenters. The summed E-state index contributed by atoms with van der Waals surface area (Å²) < 4.78 is 23.0. The Balaban J connectivity index is 1.93. The molecule has 1 fully saturated rings. The summed E-state index contributed by atoms with van der Waals surface area (Å²) >= 11 is 0. The predicted octanol–water partition coefficient (Wildman–Crippen LogP) is 0.816. The lowest BCUT2D eigenvalue weighted by molar-refractivity contribution is -0.117. The number of carbonyl (C=O) groups is 1. The minimum atomic E-state index is -2.96. The van der Waals surface area contributed by atoms with Gasteiger partial charge in [-0.05, 0) is 25.5 Å². The van der Waals surface area contributed by atoms with E-state index in [4.69, 9.17) is 0 Å². The Hall–Kier alpha value is -1.40. The Labute approximate surface area is 119 Å². The van der Waals surface area contributed by atoms with Crippen LogP contribution in [0.4, 0.5) is 5.69 Å². The van der Waals surface area contributed by atoms with Crippen LogP contribution in [0, 0.1) is 0 Å². The van der Waals surface area contributed by atoms with Gasteiger partial charge in [-0.15, -0.1) is 0 Å². The number of amides is 1. The topological polar surface area (TPSA) is 66.5 Å². The van der Waals surface area contributed by atoms with Crippen LogP contribution in [0.1, 0.15) is 13.3 Å². The third-order valence-corrected chi connectivity index (χ3v) is 5.59. The number of anilines is 1. The van der Waals surface area contributed by atoms with Gasteiger partial charge in [0.05, 0.1) is 18.1 Å². The van der Waals surface area contributed by atoms with Crippen LogP contribution < -0.4 is 10.2 Å². The molecule has 1 aromatic rings. The number of benzene rings is 1. The molecular formula is C14H20N2O3S. The molecule has 1 aromatic carbocycles. The van der Waals surface area contributed by atoms with Gasteiger partial charge >= 0.3 is 0 Å². The first-order chi connectivity index (χ1) is 9.31. The van der Waals surface area contributed by atoms with Crippen molar-refractivity contribution in [2.24, 2.45) is 0 Å². The molecule has 0 radical (unpaired) electrons. The van der Waals surface area contributed by atoms with Crippen molar-refractivity contribution in [3.8, 4) is 0 Å². The number of hydrogen-bond acceptors (Lipinski definition) is 4. The number of hydrogen-bond donors (Lipinski definition) is 1. The highest BCUT2D eigenvalue weighted by Crippen LogP contribution is 2.22.